The van der Waals surface area contributed by atoms with Crippen LogP contribution in [0.25, 0.3) is 11.0 Å². The Labute approximate surface area is 106 Å². The van der Waals surface area contributed by atoms with Gasteiger partial charge in [-0.05, 0) is 34.5 Å². The summed E-state index contributed by atoms with van der Waals surface area (Å²) in [4.78, 5) is 11.2. The molecule has 3 rings (SSSR count). The topological polar surface area (TPSA) is 68.0 Å². The molecule has 5 nitrogen and oxygen atoms in total. The molecule has 0 atom stereocenters. The van der Waals surface area contributed by atoms with Gasteiger partial charge in [-0.1, -0.05) is 11.3 Å². The van der Waals surface area contributed by atoms with Gasteiger partial charge in [-0.2, -0.15) is 11.3 Å². The van der Waals surface area contributed by atoms with Crippen molar-refractivity contribution in [2.24, 2.45) is 0 Å². The monoisotopic (exact) mass is 259 g/mol. The highest BCUT2D eigenvalue weighted by Gasteiger charge is 2.14. The van der Waals surface area contributed by atoms with Crippen molar-refractivity contribution in [1.29, 1.82) is 0 Å². The summed E-state index contributed by atoms with van der Waals surface area (Å²) in [5.41, 5.74) is 2.49. The van der Waals surface area contributed by atoms with Crippen LogP contribution in [0.5, 0.6) is 0 Å². The number of thiophene rings is 1. The molecule has 1 N–H and O–H groups in total. The van der Waals surface area contributed by atoms with Gasteiger partial charge in [0.2, 0.25) is 0 Å². The second kappa shape index (κ2) is 4.23. The van der Waals surface area contributed by atoms with Crippen LogP contribution in [0, 0.1) is 0 Å². The predicted molar refractivity (Wildman–Crippen MR) is 67.9 cm³/mol. The second-order valence-corrected chi connectivity index (χ2v) is 4.64. The van der Waals surface area contributed by atoms with Gasteiger partial charge >= 0.3 is 5.97 Å². The van der Waals surface area contributed by atoms with E-state index in [9.17, 15) is 9.90 Å². The molecule has 0 fully saturated rings. The van der Waals surface area contributed by atoms with Crippen molar-refractivity contribution in [1.82, 2.24) is 15.0 Å². The number of hydrogen-bond acceptors (Lipinski definition) is 4. The smallest absolute Gasteiger partial charge is 0.337 e. The van der Waals surface area contributed by atoms with E-state index in [4.69, 9.17) is 0 Å². The van der Waals surface area contributed by atoms with Gasteiger partial charge in [0, 0.05) is 0 Å². The van der Waals surface area contributed by atoms with Crippen molar-refractivity contribution >= 4 is 28.3 Å². The van der Waals surface area contributed by atoms with E-state index < -0.39 is 5.97 Å². The van der Waals surface area contributed by atoms with Crippen LogP contribution in [0.1, 0.15) is 15.9 Å². The van der Waals surface area contributed by atoms with Crippen LogP contribution >= 0.6 is 11.3 Å². The number of carboxylic acid groups (broad SMARTS) is 1. The molecule has 2 heterocycles. The van der Waals surface area contributed by atoms with Gasteiger partial charge in [-0.3, -0.25) is 0 Å². The number of fused-ring (bicyclic) bond motifs is 1. The SMILES string of the molecule is O=C(O)c1cccc2nnn(Cc3ccsc3)c12. The van der Waals surface area contributed by atoms with Crippen LogP contribution in [-0.2, 0) is 6.54 Å². The molecule has 0 radical (unpaired) electrons. The zero-order chi connectivity index (χ0) is 12.5. The Bertz CT molecular complexity index is 703. The fourth-order valence-corrected chi connectivity index (χ4v) is 2.53. The lowest BCUT2D eigenvalue weighted by Crippen LogP contribution is -2.05. The molecule has 0 aliphatic rings. The van der Waals surface area contributed by atoms with Gasteiger partial charge in [0.05, 0.1) is 12.1 Å². The summed E-state index contributed by atoms with van der Waals surface area (Å²) in [5, 5.41) is 21.2. The van der Waals surface area contributed by atoms with E-state index in [0.717, 1.165) is 5.56 Å². The Hall–Kier alpha value is -2.21. The van der Waals surface area contributed by atoms with E-state index >= 15 is 0 Å². The number of hydrogen-bond donors (Lipinski definition) is 1. The summed E-state index contributed by atoms with van der Waals surface area (Å²) in [7, 11) is 0. The molecule has 0 aliphatic carbocycles. The molecule has 1 aromatic carbocycles. The van der Waals surface area contributed by atoms with Crippen LogP contribution in [0.15, 0.2) is 35.0 Å². The third-order valence-electron chi connectivity index (χ3n) is 2.68. The molecular formula is C12H9N3O2S. The van der Waals surface area contributed by atoms with Crippen LogP contribution in [-0.4, -0.2) is 26.1 Å². The Kier molecular flexibility index (Phi) is 2.56. The minimum atomic E-state index is -0.963. The fourth-order valence-electron chi connectivity index (χ4n) is 1.87. The molecule has 6 heteroatoms. The maximum Gasteiger partial charge on any atom is 0.337 e. The number of carboxylic acids is 1. The van der Waals surface area contributed by atoms with E-state index in [-0.39, 0.29) is 5.56 Å². The van der Waals surface area contributed by atoms with Crippen molar-refractivity contribution in [3.05, 3.63) is 46.2 Å². The first-order chi connectivity index (χ1) is 8.75. The van der Waals surface area contributed by atoms with Crippen molar-refractivity contribution in [3.8, 4) is 0 Å². The molecule has 0 unspecified atom stereocenters. The Morgan fingerprint density at radius 2 is 2.28 bits per heavy atom. The van der Waals surface area contributed by atoms with Gasteiger partial charge in [0.25, 0.3) is 0 Å². The van der Waals surface area contributed by atoms with Gasteiger partial charge in [0.15, 0.2) is 0 Å². The van der Waals surface area contributed by atoms with Gasteiger partial charge in [-0.25, -0.2) is 9.48 Å². The summed E-state index contributed by atoms with van der Waals surface area (Å²) in [6.45, 7) is 0.532. The number of aromatic carboxylic acids is 1. The first kappa shape index (κ1) is 10.9. The van der Waals surface area contributed by atoms with Crippen LogP contribution in [0.4, 0.5) is 0 Å². The van der Waals surface area contributed by atoms with Crippen LogP contribution in [0.3, 0.4) is 0 Å². The predicted octanol–water partition coefficient (Wildman–Crippen LogP) is 2.24. The zero-order valence-corrected chi connectivity index (χ0v) is 10.1. The molecule has 90 valence electrons. The molecule has 0 spiro atoms. The first-order valence-corrected chi connectivity index (χ1v) is 6.26. The van der Waals surface area contributed by atoms with Crippen LogP contribution < -0.4 is 0 Å². The average molecular weight is 259 g/mol. The van der Waals surface area contributed by atoms with Crippen molar-refractivity contribution in [2.75, 3.05) is 0 Å². The Morgan fingerprint density at radius 1 is 1.39 bits per heavy atom. The number of para-hydroxylation sites is 1. The highest BCUT2D eigenvalue weighted by atomic mass is 32.1. The van der Waals surface area contributed by atoms with E-state index in [2.05, 4.69) is 10.3 Å². The molecule has 0 saturated carbocycles. The highest BCUT2D eigenvalue weighted by molar-refractivity contribution is 7.07. The third-order valence-corrected chi connectivity index (χ3v) is 3.41. The quantitative estimate of drug-likeness (QED) is 0.783. The maximum atomic E-state index is 11.2. The van der Waals surface area contributed by atoms with Gasteiger partial charge in [-0.15, -0.1) is 5.10 Å². The van der Waals surface area contributed by atoms with Crippen molar-refractivity contribution < 1.29 is 9.90 Å². The Balaban J connectivity index is 2.15. The average Bonchev–Trinajstić information content (AvgIpc) is 2.99. The summed E-state index contributed by atoms with van der Waals surface area (Å²) < 4.78 is 1.63. The molecule has 0 amide bonds. The lowest BCUT2D eigenvalue weighted by Gasteiger charge is -2.02. The normalized spacial score (nSPS) is 10.9. The molecule has 0 bridgehead atoms. The van der Waals surface area contributed by atoms with Crippen molar-refractivity contribution in [2.45, 2.75) is 6.54 Å². The summed E-state index contributed by atoms with van der Waals surface area (Å²) >= 11 is 1.60. The van der Waals surface area contributed by atoms with Gasteiger partial charge < -0.3 is 5.11 Å². The first-order valence-electron chi connectivity index (χ1n) is 5.32. The van der Waals surface area contributed by atoms with Crippen molar-refractivity contribution in [3.63, 3.8) is 0 Å². The number of nitrogens with zero attached hydrogens (tertiary/aromatic N) is 3. The Morgan fingerprint density at radius 3 is 3.00 bits per heavy atom. The third kappa shape index (κ3) is 1.76. The lowest BCUT2D eigenvalue weighted by atomic mass is 10.2. The largest absolute Gasteiger partial charge is 0.478 e. The highest BCUT2D eigenvalue weighted by Crippen LogP contribution is 2.18. The standard InChI is InChI=1S/C12H9N3O2S/c16-12(17)9-2-1-3-10-11(9)15(14-13-10)6-8-4-5-18-7-8/h1-5,7H,6H2,(H,16,17). The second-order valence-electron chi connectivity index (χ2n) is 3.86. The summed E-state index contributed by atoms with van der Waals surface area (Å²) in [5.74, 6) is -0.963. The van der Waals surface area contributed by atoms with Gasteiger partial charge in [0.1, 0.15) is 11.0 Å². The lowest BCUT2D eigenvalue weighted by molar-refractivity contribution is 0.0698. The van der Waals surface area contributed by atoms with E-state index in [1.165, 1.54) is 0 Å². The van der Waals surface area contributed by atoms with Crippen LogP contribution in [0.2, 0.25) is 0 Å². The molecular weight excluding hydrogens is 250 g/mol. The molecule has 18 heavy (non-hydrogen) atoms. The van der Waals surface area contributed by atoms with E-state index in [1.54, 1.807) is 34.2 Å². The summed E-state index contributed by atoms with van der Waals surface area (Å²) in [6, 6.07) is 6.99. The van der Waals surface area contributed by atoms with E-state index in [1.807, 2.05) is 16.8 Å². The molecule has 2 aromatic heterocycles. The minimum absolute atomic E-state index is 0.229. The fraction of sp³-hybridized carbons (Fsp3) is 0.0833. The van der Waals surface area contributed by atoms with E-state index in [0.29, 0.717) is 17.6 Å². The maximum absolute atomic E-state index is 11.2. The minimum Gasteiger partial charge on any atom is -0.478 e. The molecule has 0 aliphatic heterocycles. The number of rotatable bonds is 3. The summed E-state index contributed by atoms with van der Waals surface area (Å²) in [6.07, 6.45) is 0. The molecule has 3 aromatic rings. The zero-order valence-electron chi connectivity index (χ0n) is 9.28. The number of benzene rings is 1. The number of aromatic nitrogens is 3. The molecule has 0 saturated heterocycles. The number of carbonyl (C=O) groups is 1.